The summed E-state index contributed by atoms with van der Waals surface area (Å²) < 4.78 is 44.8. The first-order chi connectivity index (χ1) is 13.9. The summed E-state index contributed by atoms with van der Waals surface area (Å²) in [5, 5.41) is 13.3. The average molecular weight is 429 g/mol. The lowest BCUT2D eigenvalue weighted by Gasteiger charge is -2.35. The van der Waals surface area contributed by atoms with Gasteiger partial charge in [-0.2, -0.15) is 0 Å². The van der Waals surface area contributed by atoms with E-state index in [1.54, 1.807) is 6.07 Å². The Bertz CT molecular complexity index is 912. The van der Waals surface area contributed by atoms with E-state index in [4.69, 9.17) is 4.52 Å². The predicted octanol–water partition coefficient (Wildman–Crippen LogP) is 1.51. The highest BCUT2D eigenvalue weighted by Gasteiger charge is 2.27. The fraction of sp³-hybridized carbons (Fsp3) is 0.632. The zero-order valence-electron chi connectivity index (χ0n) is 16.9. The van der Waals surface area contributed by atoms with Crippen molar-refractivity contribution in [2.45, 2.75) is 25.5 Å². The van der Waals surface area contributed by atoms with Crippen LogP contribution in [0.1, 0.15) is 20.3 Å². The zero-order valence-corrected chi connectivity index (χ0v) is 17.7. The fourth-order valence-corrected chi connectivity index (χ4v) is 5.03. The molecule has 1 unspecified atom stereocenters. The van der Waals surface area contributed by atoms with Crippen LogP contribution in [0.15, 0.2) is 22.7 Å². The molecular weight excluding hydrogens is 399 g/mol. The van der Waals surface area contributed by atoms with E-state index >= 15 is 0 Å². The van der Waals surface area contributed by atoms with Gasteiger partial charge < -0.3 is 14.5 Å². The molecular formula is C19H29FN4O4S. The van der Waals surface area contributed by atoms with E-state index in [0.717, 1.165) is 50.3 Å². The molecule has 10 heteroatoms. The molecule has 1 N–H and O–H groups in total. The van der Waals surface area contributed by atoms with E-state index in [0.29, 0.717) is 18.7 Å². The van der Waals surface area contributed by atoms with Gasteiger partial charge in [0.1, 0.15) is 5.82 Å². The SMILES string of the molecule is CCN(CCCN1CCN(c2noc3cc(F)ccc23)CC1)S(=O)(=O)C(C)CO. The molecule has 0 radical (unpaired) electrons. The number of anilines is 1. The summed E-state index contributed by atoms with van der Waals surface area (Å²) in [5.41, 5.74) is 0.445. The minimum atomic E-state index is -3.46. The standard InChI is InChI=1S/C19H29FN4O4S/c1-3-24(29(26,27)15(2)14-25)8-4-7-22-9-11-23(12-10-22)19-17-6-5-16(20)13-18(17)28-21-19/h5-6,13,15,25H,3-4,7-12,14H2,1-2H3. The van der Waals surface area contributed by atoms with Gasteiger partial charge in [-0.1, -0.05) is 12.1 Å². The quantitative estimate of drug-likeness (QED) is 0.647. The topological polar surface area (TPSA) is 90.1 Å². The second-order valence-corrected chi connectivity index (χ2v) is 9.71. The van der Waals surface area contributed by atoms with E-state index in [2.05, 4.69) is 15.0 Å². The highest BCUT2D eigenvalue weighted by atomic mass is 32.2. The molecule has 1 aromatic heterocycles. The smallest absolute Gasteiger partial charge is 0.218 e. The molecule has 2 heterocycles. The summed E-state index contributed by atoms with van der Waals surface area (Å²) in [7, 11) is -3.46. The molecule has 1 aliphatic heterocycles. The number of halogens is 1. The minimum absolute atomic E-state index is 0.346. The number of nitrogens with zero attached hydrogens (tertiary/aromatic N) is 4. The Hall–Kier alpha value is -1.75. The Balaban J connectivity index is 1.50. The molecule has 1 aliphatic rings. The first-order valence-electron chi connectivity index (χ1n) is 9.99. The number of hydrogen-bond acceptors (Lipinski definition) is 7. The maximum atomic E-state index is 13.3. The van der Waals surface area contributed by atoms with Gasteiger partial charge in [-0.15, -0.1) is 0 Å². The average Bonchev–Trinajstić information content (AvgIpc) is 3.13. The third-order valence-electron chi connectivity index (χ3n) is 5.45. The molecule has 8 nitrogen and oxygen atoms in total. The summed E-state index contributed by atoms with van der Waals surface area (Å²) in [6, 6.07) is 4.44. The molecule has 2 aromatic rings. The van der Waals surface area contributed by atoms with Crippen molar-refractivity contribution >= 4 is 26.8 Å². The van der Waals surface area contributed by atoms with E-state index in [9.17, 15) is 17.9 Å². The minimum Gasteiger partial charge on any atom is -0.395 e. The van der Waals surface area contributed by atoms with Gasteiger partial charge in [0.05, 0.1) is 17.2 Å². The molecule has 1 atom stereocenters. The van der Waals surface area contributed by atoms with Crippen LogP contribution >= 0.6 is 0 Å². The zero-order chi connectivity index (χ0) is 21.0. The highest BCUT2D eigenvalue weighted by molar-refractivity contribution is 7.89. The highest BCUT2D eigenvalue weighted by Crippen LogP contribution is 2.27. The van der Waals surface area contributed by atoms with Crippen molar-refractivity contribution in [2.24, 2.45) is 0 Å². The van der Waals surface area contributed by atoms with Crippen LogP contribution in [0.4, 0.5) is 10.2 Å². The Morgan fingerprint density at radius 2 is 2.03 bits per heavy atom. The molecule has 3 rings (SSSR count). The van der Waals surface area contributed by atoms with Crippen LogP contribution in [0, 0.1) is 5.82 Å². The second-order valence-electron chi connectivity index (χ2n) is 7.36. The van der Waals surface area contributed by atoms with Gasteiger partial charge in [0.25, 0.3) is 0 Å². The molecule has 0 aliphatic carbocycles. The lowest BCUT2D eigenvalue weighted by Crippen LogP contribution is -2.47. The van der Waals surface area contributed by atoms with Gasteiger partial charge in [-0.05, 0) is 32.0 Å². The summed E-state index contributed by atoms with van der Waals surface area (Å²) in [6.07, 6.45) is 0.734. The maximum absolute atomic E-state index is 13.3. The number of aliphatic hydroxyl groups excluding tert-OH is 1. The third-order valence-corrected chi connectivity index (χ3v) is 7.77. The molecule has 1 fully saturated rings. The molecule has 0 saturated carbocycles. The molecule has 1 aromatic carbocycles. The number of piperazine rings is 1. The van der Waals surface area contributed by atoms with Crippen molar-refractivity contribution in [3.63, 3.8) is 0 Å². The van der Waals surface area contributed by atoms with Crippen LogP contribution in [-0.4, -0.2) is 85.6 Å². The first-order valence-corrected chi connectivity index (χ1v) is 11.5. The number of fused-ring (bicyclic) bond motifs is 1. The third kappa shape index (κ3) is 4.88. The van der Waals surface area contributed by atoms with Crippen molar-refractivity contribution in [3.8, 4) is 0 Å². The van der Waals surface area contributed by atoms with Crippen LogP contribution in [0.2, 0.25) is 0 Å². The maximum Gasteiger partial charge on any atom is 0.218 e. The normalized spacial score (nSPS) is 17.3. The number of sulfonamides is 1. The summed E-state index contributed by atoms with van der Waals surface area (Å²) in [6.45, 7) is 7.84. The predicted molar refractivity (Wildman–Crippen MR) is 110 cm³/mol. The monoisotopic (exact) mass is 428 g/mol. The van der Waals surface area contributed by atoms with Gasteiger partial charge >= 0.3 is 0 Å². The molecule has 162 valence electrons. The van der Waals surface area contributed by atoms with Crippen molar-refractivity contribution in [3.05, 3.63) is 24.0 Å². The molecule has 0 bridgehead atoms. The van der Waals surface area contributed by atoms with Crippen LogP contribution < -0.4 is 4.90 Å². The van der Waals surface area contributed by atoms with Crippen molar-refractivity contribution in [1.82, 2.24) is 14.4 Å². The lowest BCUT2D eigenvalue weighted by molar-refractivity contribution is 0.244. The molecule has 0 amide bonds. The van der Waals surface area contributed by atoms with Crippen LogP contribution in [0.5, 0.6) is 0 Å². The number of aliphatic hydroxyl groups is 1. The second kappa shape index (κ2) is 9.38. The van der Waals surface area contributed by atoms with Crippen LogP contribution in [-0.2, 0) is 10.0 Å². The first kappa shape index (κ1) is 21.9. The Kier molecular flexibility index (Phi) is 7.10. The Labute approximate surface area is 170 Å². The van der Waals surface area contributed by atoms with E-state index in [-0.39, 0.29) is 12.4 Å². The number of aromatic nitrogens is 1. The summed E-state index contributed by atoms with van der Waals surface area (Å²) in [5.74, 6) is 0.391. The van der Waals surface area contributed by atoms with Gasteiger partial charge in [0.15, 0.2) is 11.4 Å². The molecule has 0 spiro atoms. The summed E-state index contributed by atoms with van der Waals surface area (Å²) >= 11 is 0. The van der Waals surface area contributed by atoms with Crippen LogP contribution in [0.25, 0.3) is 11.0 Å². The summed E-state index contributed by atoms with van der Waals surface area (Å²) in [4.78, 5) is 4.43. The number of rotatable bonds is 9. The van der Waals surface area contributed by atoms with Gasteiger partial charge in [-0.3, -0.25) is 4.90 Å². The van der Waals surface area contributed by atoms with Crippen molar-refractivity contribution < 1.29 is 22.4 Å². The number of hydrogen-bond donors (Lipinski definition) is 1. The van der Waals surface area contributed by atoms with Gasteiger partial charge in [0.2, 0.25) is 10.0 Å². The van der Waals surface area contributed by atoms with Gasteiger partial charge in [0, 0.05) is 45.3 Å². The molecule has 1 saturated heterocycles. The Morgan fingerprint density at radius 1 is 1.31 bits per heavy atom. The van der Waals surface area contributed by atoms with Crippen molar-refractivity contribution in [2.75, 3.05) is 57.3 Å². The van der Waals surface area contributed by atoms with Gasteiger partial charge in [-0.25, -0.2) is 17.1 Å². The van der Waals surface area contributed by atoms with Crippen molar-refractivity contribution in [1.29, 1.82) is 0 Å². The lowest BCUT2D eigenvalue weighted by atomic mass is 10.2. The Morgan fingerprint density at radius 3 is 2.69 bits per heavy atom. The fourth-order valence-electron chi connectivity index (χ4n) is 3.59. The van der Waals surface area contributed by atoms with E-state index < -0.39 is 15.3 Å². The van der Waals surface area contributed by atoms with E-state index in [1.807, 2.05) is 6.92 Å². The largest absolute Gasteiger partial charge is 0.395 e. The van der Waals surface area contributed by atoms with E-state index in [1.165, 1.54) is 23.4 Å². The number of benzene rings is 1. The molecule has 29 heavy (non-hydrogen) atoms. The van der Waals surface area contributed by atoms with Crippen LogP contribution in [0.3, 0.4) is 0 Å².